The van der Waals surface area contributed by atoms with Gasteiger partial charge in [0.1, 0.15) is 0 Å². The summed E-state index contributed by atoms with van der Waals surface area (Å²) in [5.74, 6) is 2.18. The van der Waals surface area contributed by atoms with Gasteiger partial charge >= 0.3 is 5.97 Å². The van der Waals surface area contributed by atoms with E-state index in [0.717, 1.165) is 24.2 Å². The Hall–Kier alpha value is -0.530. The molecule has 0 aliphatic carbocycles. The first kappa shape index (κ1) is 21.5. The molecule has 0 fully saturated rings. The van der Waals surface area contributed by atoms with Crippen molar-refractivity contribution >= 4 is 5.97 Å². The monoisotopic (exact) mass is 312 g/mol. The molecular weight excluding hydrogens is 272 g/mol. The predicted octanol–water partition coefficient (Wildman–Crippen LogP) is 6.54. The molecule has 1 N–H and O–H groups in total. The zero-order valence-corrected chi connectivity index (χ0v) is 15.7. The molecule has 0 saturated heterocycles. The number of rotatable bonds is 14. The van der Waals surface area contributed by atoms with Gasteiger partial charge in [-0.2, -0.15) is 0 Å². The van der Waals surface area contributed by atoms with E-state index >= 15 is 0 Å². The van der Waals surface area contributed by atoms with Crippen molar-refractivity contribution in [3.63, 3.8) is 0 Å². The molecule has 0 aliphatic rings. The molecule has 0 aromatic carbocycles. The third-order valence-corrected chi connectivity index (χ3v) is 4.79. The van der Waals surface area contributed by atoms with Gasteiger partial charge < -0.3 is 5.11 Å². The highest BCUT2D eigenvalue weighted by Gasteiger charge is 2.09. The molecule has 0 aromatic heterocycles. The van der Waals surface area contributed by atoms with Crippen LogP contribution in [0.25, 0.3) is 0 Å². The Bertz CT molecular complexity index is 273. The standard InChI is InChI=1S/C20H40O2/c1-16(2)9-6-10-17(3)11-7-12-18(4)13-8-14-19(5)15-20(21)22/h16-19H,6-15H2,1-5H3,(H,21,22)/t17-,18-,19+/m0/s1. The van der Waals surface area contributed by atoms with Crippen LogP contribution < -0.4 is 0 Å². The number of hydrogen-bond donors (Lipinski definition) is 1. The minimum absolute atomic E-state index is 0.322. The van der Waals surface area contributed by atoms with Crippen LogP contribution in [0, 0.1) is 23.7 Å². The molecule has 0 spiro atoms. The van der Waals surface area contributed by atoms with Crippen LogP contribution in [0.5, 0.6) is 0 Å². The average Bonchev–Trinajstić information content (AvgIpc) is 2.37. The largest absolute Gasteiger partial charge is 0.481 e. The second-order valence-corrected chi connectivity index (χ2v) is 8.10. The van der Waals surface area contributed by atoms with Crippen LogP contribution in [0.3, 0.4) is 0 Å². The van der Waals surface area contributed by atoms with Crippen molar-refractivity contribution in [3.05, 3.63) is 0 Å². The molecule has 0 saturated carbocycles. The zero-order valence-electron chi connectivity index (χ0n) is 15.7. The van der Waals surface area contributed by atoms with Gasteiger partial charge in [0.25, 0.3) is 0 Å². The third kappa shape index (κ3) is 14.4. The molecule has 132 valence electrons. The quantitative estimate of drug-likeness (QED) is 0.395. The number of carbonyl (C=O) groups is 1. The smallest absolute Gasteiger partial charge is 0.303 e. The van der Waals surface area contributed by atoms with Crippen molar-refractivity contribution in [3.8, 4) is 0 Å². The first-order valence-corrected chi connectivity index (χ1v) is 9.53. The minimum atomic E-state index is -0.660. The maximum atomic E-state index is 10.6. The normalized spacial score (nSPS) is 15.7. The molecule has 0 unspecified atom stereocenters. The van der Waals surface area contributed by atoms with Crippen LogP contribution in [-0.2, 0) is 4.79 Å². The van der Waals surface area contributed by atoms with Crippen molar-refractivity contribution in [2.75, 3.05) is 0 Å². The van der Waals surface area contributed by atoms with Crippen LogP contribution in [0.2, 0.25) is 0 Å². The third-order valence-electron chi connectivity index (χ3n) is 4.79. The fourth-order valence-electron chi connectivity index (χ4n) is 3.19. The summed E-state index contributed by atoms with van der Waals surface area (Å²) in [6.07, 6.45) is 12.0. The summed E-state index contributed by atoms with van der Waals surface area (Å²) in [5.41, 5.74) is 0. The maximum Gasteiger partial charge on any atom is 0.303 e. The molecule has 0 aliphatic heterocycles. The lowest BCUT2D eigenvalue weighted by atomic mass is 9.91. The summed E-state index contributed by atoms with van der Waals surface area (Å²) in [6.45, 7) is 11.4. The van der Waals surface area contributed by atoms with Crippen molar-refractivity contribution in [2.24, 2.45) is 23.7 Å². The van der Waals surface area contributed by atoms with Gasteiger partial charge in [-0.3, -0.25) is 4.79 Å². The van der Waals surface area contributed by atoms with Crippen molar-refractivity contribution < 1.29 is 9.90 Å². The van der Waals surface area contributed by atoms with E-state index in [9.17, 15) is 4.79 Å². The van der Waals surface area contributed by atoms with Gasteiger partial charge in [-0.05, 0) is 23.7 Å². The maximum absolute atomic E-state index is 10.6. The fourth-order valence-corrected chi connectivity index (χ4v) is 3.19. The van der Waals surface area contributed by atoms with E-state index in [1.807, 2.05) is 0 Å². The van der Waals surface area contributed by atoms with E-state index < -0.39 is 5.97 Å². The molecule has 0 radical (unpaired) electrons. The summed E-state index contributed by atoms with van der Waals surface area (Å²) in [7, 11) is 0. The van der Waals surface area contributed by atoms with Crippen LogP contribution in [0.1, 0.15) is 98.8 Å². The molecule has 0 bridgehead atoms. The molecule has 2 nitrogen and oxygen atoms in total. The van der Waals surface area contributed by atoms with E-state index in [1.165, 1.54) is 51.4 Å². The van der Waals surface area contributed by atoms with Crippen LogP contribution in [-0.4, -0.2) is 11.1 Å². The molecule has 22 heavy (non-hydrogen) atoms. The highest BCUT2D eigenvalue weighted by atomic mass is 16.4. The van der Waals surface area contributed by atoms with E-state index in [1.54, 1.807) is 0 Å². The molecular formula is C20H40O2. The fraction of sp³-hybridized carbons (Fsp3) is 0.950. The molecule has 2 heteroatoms. The summed E-state index contributed by atoms with van der Waals surface area (Å²) < 4.78 is 0. The highest BCUT2D eigenvalue weighted by molar-refractivity contribution is 5.66. The molecule has 0 aromatic rings. The van der Waals surface area contributed by atoms with Crippen molar-refractivity contribution in [1.29, 1.82) is 0 Å². The Balaban J connectivity index is 3.52. The van der Waals surface area contributed by atoms with Gasteiger partial charge in [0.2, 0.25) is 0 Å². The first-order chi connectivity index (χ1) is 10.3. The van der Waals surface area contributed by atoms with E-state index in [0.29, 0.717) is 12.3 Å². The Labute approximate surface area is 139 Å². The van der Waals surface area contributed by atoms with Crippen LogP contribution >= 0.6 is 0 Å². The summed E-state index contributed by atoms with van der Waals surface area (Å²) in [4.78, 5) is 10.6. The van der Waals surface area contributed by atoms with E-state index in [4.69, 9.17) is 5.11 Å². The second-order valence-electron chi connectivity index (χ2n) is 8.10. The van der Waals surface area contributed by atoms with Crippen molar-refractivity contribution in [1.82, 2.24) is 0 Å². The van der Waals surface area contributed by atoms with Crippen molar-refractivity contribution in [2.45, 2.75) is 98.8 Å². The van der Waals surface area contributed by atoms with Gasteiger partial charge in [-0.1, -0.05) is 92.4 Å². The van der Waals surface area contributed by atoms with Crippen LogP contribution in [0.4, 0.5) is 0 Å². The summed E-state index contributed by atoms with van der Waals surface area (Å²) >= 11 is 0. The topological polar surface area (TPSA) is 37.3 Å². The summed E-state index contributed by atoms with van der Waals surface area (Å²) in [5, 5.41) is 8.75. The number of aliphatic carboxylic acids is 1. The molecule has 0 amide bonds. The lowest BCUT2D eigenvalue weighted by Gasteiger charge is -2.15. The van der Waals surface area contributed by atoms with Gasteiger partial charge in [-0.15, -0.1) is 0 Å². The molecule has 3 atom stereocenters. The van der Waals surface area contributed by atoms with E-state index in [2.05, 4.69) is 34.6 Å². The van der Waals surface area contributed by atoms with Gasteiger partial charge in [0, 0.05) is 6.42 Å². The number of hydrogen-bond acceptors (Lipinski definition) is 1. The number of carboxylic acids is 1. The van der Waals surface area contributed by atoms with E-state index in [-0.39, 0.29) is 0 Å². The Morgan fingerprint density at radius 3 is 1.41 bits per heavy atom. The minimum Gasteiger partial charge on any atom is -0.481 e. The predicted molar refractivity (Wildman–Crippen MR) is 96.1 cm³/mol. The number of carboxylic acid groups (broad SMARTS) is 1. The highest BCUT2D eigenvalue weighted by Crippen LogP contribution is 2.22. The Morgan fingerprint density at radius 2 is 1.05 bits per heavy atom. The average molecular weight is 313 g/mol. The Kier molecular flexibility index (Phi) is 12.6. The second kappa shape index (κ2) is 13.0. The lowest BCUT2D eigenvalue weighted by molar-refractivity contribution is -0.138. The van der Waals surface area contributed by atoms with Crippen LogP contribution in [0.15, 0.2) is 0 Å². The first-order valence-electron chi connectivity index (χ1n) is 9.53. The SMILES string of the molecule is CC(C)CCC[C@H](C)CCC[C@H](C)CCC[C@@H](C)CC(=O)O. The zero-order chi connectivity index (χ0) is 17.0. The van der Waals surface area contributed by atoms with Gasteiger partial charge in [0.05, 0.1) is 0 Å². The van der Waals surface area contributed by atoms with Gasteiger partial charge in [0.15, 0.2) is 0 Å². The lowest BCUT2D eigenvalue weighted by Crippen LogP contribution is -2.05. The molecule has 0 rings (SSSR count). The van der Waals surface area contributed by atoms with Gasteiger partial charge in [-0.25, -0.2) is 0 Å². The Morgan fingerprint density at radius 1 is 0.682 bits per heavy atom. The summed E-state index contributed by atoms with van der Waals surface area (Å²) in [6, 6.07) is 0. The molecule has 0 heterocycles.